The summed E-state index contributed by atoms with van der Waals surface area (Å²) in [6, 6.07) is 3.08. The molecule has 17 heavy (non-hydrogen) atoms. The Morgan fingerprint density at radius 3 is 2.65 bits per heavy atom. The largest absolute Gasteiger partial charge is 0.465 e. The zero-order valence-electron chi connectivity index (χ0n) is 9.69. The Morgan fingerprint density at radius 1 is 1.35 bits per heavy atom. The molecule has 1 rings (SSSR count). The van der Waals surface area contributed by atoms with Crippen LogP contribution in [0.3, 0.4) is 0 Å². The van der Waals surface area contributed by atoms with E-state index in [1.807, 2.05) is 0 Å². The van der Waals surface area contributed by atoms with Gasteiger partial charge in [-0.05, 0) is 19.1 Å². The maximum Gasteiger partial charge on any atom is 0.325 e. The molecule has 2 N–H and O–H groups in total. The maximum absolute atomic E-state index is 11.2. The van der Waals surface area contributed by atoms with Crippen LogP contribution in [0.25, 0.3) is 0 Å². The summed E-state index contributed by atoms with van der Waals surface area (Å²) in [5.41, 5.74) is 0.217. The number of carbonyl (C=O) groups excluding carboxylic acids is 2. The first kappa shape index (κ1) is 12.9. The molecule has 0 aromatic carbocycles. The van der Waals surface area contributed by atoms with Gasteiger partial charge in [-0.25, -0.2) is 0 Å². The van der Waals surface area contributed by atoms with Gasteiger partial charge in [-0.2, -0.15) is 0 Å². The van der Waals surface area contributed by atoms with Crippen molar-refractivity contribution in [1.82, 2.24) is 15.5 Å². The van der Waals surface area contributed by atoms with Crippen molar-refractivity contribution in [2.45, 2.75) is 6.92 Å². The number of ether oxygens (including phenoxy) is 1. The van der Waals surface area contributed by atoms with Gasteiger partial charge in [-0.15, -0.1) is 10.2 Å². The highest BCUT2D eigenvalue weighted by Gasteiger charge is 2.06. The minimum atomic E-state index is -0.371. The molecule has 0 spiro atoms. The summed E-state index contributed by atoms with van der Waals surface area (Å²) in [6.45, 7) is 2.08. The molecule has 1 heterocycles. The Labute approximate surface area is 98.6 Å². The maximum atomic E-state index is 11.2. The summed E-state index contributed by atoms with van der Waals surface area (Å²) in [4.78, 5) is 22.2. The van der Waals surface area contributed by atoms with E-state index in [0.717, 1.165) is 0 Å². The van der Waals surface area contributed by atoms with Crippen LogP contribution in [0.2, 0.25) is 0 Å². The lowest BCUT2D eigenvalue weighted by Gasteiger charge is -2.04. The van der Waals surface area contributed by atoms with Crippen LogP contribution in [-0.2, 0) is 9.53 Å². The minimum absolute atomic E-state index is 0.0157. The van der Waals surface area contributed by atoms with E-state index in [2.05, 4.69) is 20.8 Å². The third-order valence-corrected chi connectivity index (χ3v) is 1.84. The lowest BCUT2D eigenvalue weighted by molar-refractivity contribution is -0.140. The topological polar surface area (TPSA) is 93.2 Å². The Balaban J connectivity index is 2.51. The fourth-order valence-corrected chi connectivity index (χ4v) is 1.05. The molecule has 1 aromatic heterocycles. The highest BCUT2D eigenvalue weighted by atomic mass is 16.5. The molecule has 1 amide bonds. The lowest BCUT2D eigenvalue weighted by atomic mass is 10.3. The van der Waals surface area contributed by atoms with Gasteiger partial charge in [0.2, 0.25) is 0 Å². The minimum Gasteiger partial charge on any atom is -0.465 e. The smallest absolute Gasteiger partial charge is 0.325 e. The van der Waals surface area contributed by atoms with Crippen LogP contribution >= 0.6 is 0 Å². The van der Waals surface area contributed by atoms with E-state index < -0.39 is 0 Å². The molecule has 0 radical (unpaired) electrons. The molecule has 7 heteroatoms. The van der Waals surface area contributed by atoms with Crippen LogP contribution in [0, 0.1) is 0 Å². The fourth-order valence-electron chi connectivity index (χ4n) is 1.05. The number of hydrogen-bond acceptors (Lipinski definition) is 6. The molecule has 0 bridgehead atoms. The van der Waals surface area contributed by atoms with Crippen LogP contribution in [0.5, 0.6) is 0 Å². The van der Waals surface area contributed by atoms with Gasteiger partial charge in [0.25, 0.3) is 5.91 Å². The molecule has 0 aliphatic heterocycles. The molecular weight excluding hydrogens is 224 g/mol. The van der Waals surface area contributed by atoms with Crippen LogP contribution < -0.4 is 10.6 Å². The van der Waals surface area contributed by atoms with Gasteiger partial charge < -0.3 is 15.4 Å². The van der Waals surface area contributed by atoms with Crippen molar-refractivity contribution in [1.29, 1.82) is 0 Å². The predicted octanol–water partition coefficient (Wildman–Crippen LogP) is -0.189. The van der Waals surface area contributed by atoms with Gasteiger partial charge in [0, 0.05) is 7.05 Å². The fraction of sp³-hybridized carbons (Fsp3) is 0.400. The predicted molar refractivity (Wildman–Crippen MR) is 60.5 cm³/mol. The van der Waals surface area contributed by atoms with Crippen molar-refractivity contribution >= 4 is 17.7 Å². The molecule has 7 nitrogen and oxygen atoms in total. The zero-order chi connectivity index (χ0) is 12.7. The van der Waals surface area contributed by atoms with Crippen molar-refractivity contribution < 1.29 is 14.3 Å². The van der Waals surface area contributed by atoms with Crippen LogP contribution in [0.4, 0.5) is 5.82 Å². The third kappa shape index (κ3) is 4.06. The van der Waals surface area contributed by atoms with E-state index in [-0.39, 0.29) is 24.1 Å². The van der Waals surface area contributed by atoms with Gasteiger partial charge in [-0.3, -0.25) is 9.59 Å². The van der Waals surface area contributed by atoms with Crippen LogP contribution in [0.1, 0.15) is 17.4 Å². The Hall–Kier alpha value is -2.18. The highest BCUT2D eigenvalue weighted by molar-refractivity contribution is 5.91. The molecule has 0 unspecified atom stereocenters. The number of anilines is 1. The number of rotatable bonds is 5. The van der Waals surface area contributed by atoms with E-state index in [1.54, 1.807) is 13.0 Å². The first-order valence-electron chi connectivity index (χ1n) is 5.12. The van der Waals surface area contributed by atoms with Gasteiger partial charge in [-0.1, -0.05) is 0 Å². The monoisotopic (exact) mass is 238 g/mol. The van der Waals surface area contributed by atoms with Crippen LogP contribution in [0.15, 0.2) is 12.1 Å². The van der Waals surface area contributed by atoms with Gasteiger partial charge in [0.05, 0.1) is 6.61 Å². The Bertz CT molecular complexity index is 391. The average Bonchev–Trinajstić information content (AvgIpc) is 2.36. The second-order valence-electron chi connectivity index (χ2n) is 3.04. The second-order valence-corrected chi connectivity index (χ2v) is 3.04. The molecule has 1 aromatic rings. The molecule has 92 valence electrons. The Morgan fingerprint density at radius 2 is 2.12 bits per heavy atom. The molecule has 0 fully saturated rings. The summed E-state index contributed by atoms with van der Waals surface area (Å²) in [7, 11) is 1.51. The number of nitrogens with one attached hydrogen (secondary N) is 2. The van der Waals surface area contributed by atoms with E-state index in [0.29, 0.717) is 12.4 Å². The summed E-state index contributed by atoms with van der Waals surface area (Å²) in [5, 5.41) is 12.6. The van der Waals surface area contributed by atoms with Crippen molar-refractivity contribution in [3.8, 4) is 0 Å². The number of carbonyl (C=O) groups is 2. The average molecular weight is 238 g/mol. The third-order valence-electron chi connectivity index (χ3n) is 1.84. The quantitative estimate of drug-likeness (QED) is 0.691. The molecule has 0 saturated carbocycles. The summed E-state index contributed by atoms with van der Waals surface area (Å²) in [6.07, 6.45) is 0. The molecule has 0 saturated heterocycles. The molecular formula is C10H14N4O3. The summed E-state index contributed by atoms with van der Waals surface area (Å²) in [5.74, 6) is -0.273. The second kappa shape index (κ2) is 6.41. The van der Waals surface area contributed by atoms with Gasteiger partial charge >= 0.3 is 5.97 Å². The van der Waals surface area contributed by atoms with E-state index in [9.17, 15) is 9.59 Å². The first-order valence-corrected chi connectivity index (χ1v) is 5.12. The Kier molecular flexibility index (Phi) is 4.86. The molecule has 0 aliphatic carbocycles. The van der Waals surface area contributed by atoms with Gasteiger partial charge in [0.15, 0.2) is 5.69 Å². The zero-order valence-corrected chi connectivity index (χ0v) is 9.69. The van der Waals surface area contributed by atoms with Crippen molar-refractivity contribution in [2.24, 2.45) is 0 Å². The standard InChI is InChI=1S/C10H14N4O3/c1-3-17-9(15)6-12-8-5-4-7(13-14-8)10(16)11-2/h4-5H,3,6H2,1-2H3,(H,11,16)(H,12,14). The highest BCUT2D eigenvalue weighted by Crippen LogP contribution is 2.01. The van der Waals surface area contributed by atoms with Crippen molar-refractivity contribution in [2.75, 3.05) is 25.5 Å². The number of nitrogens with zero attached hydrogens (tertiary/aromatic N) is 2. The van der Waals surface area contributed by atoms with Crippen LogP contribution in [-0.4, -0.2) is 42.3 Å². The number of esters is 1. The number of aromatic nitrogens is 2. The van der Waals surface area contributed by atoms with E-state index in [1.165, 1.54) is 13.1 Å². The number of hydrogen-bond donors (Lipinski definition) is 2. The number of amides is 1. The van der Waals surface area contributed by atoms with Crippen molar-refractivity contribution in [3.05, 3.63) is 17.8 Å². The van der Waals surface area contributed by atoms with E-state index >= 15 is 0 Å². The van der Waals surface area contributed by atoms with Gasteiger partial charge in [0.1, 0.15) is 12.4 Å². The van der Waals surface area contributed by atoms with Crippen molar-refractivity contribution in [3.63, 3.8) is 0 Å². The lowest BCUT2D eigenvalue weighted by Crippen LogP contribution is -2.21. The summed E-state index contributed by atoms with van der Waals surface area (Å²) < 4.78 is 4.73. The SMILES string of the molecule is CCOC(=O)CNc1ccc(C(=O)NC)nn1. The van der Waals surface area contributed by atoms with E-state index in [4.69, 9.17) is 4.74 Å². The molecule has 0 aliphatic rings. The molecule has 0 atom stereocenters. The summed E-state index contributed by atoms with van der Waals surface area (Å²) >= 11 is 0. The normalized spacial score (nSPS) is 9.53. The first-order chi connectivity index (χ1) is 8.17.